The van der Waals surface area contributed by atoms with E-state index < -0.39 is 23.5 Å². The number of benzene rings is 1. The van der Waals surface area contributed by atoms with E-state index in [1.165, 1.54) is 11.7 Å². The van der Waals surface area contributed by atoms with Gasteiger partial charge in [-0.15, -0.1) is 0 Å². The van der Waals surface area contributed by atoms with Crippen LogP contribution in [0.15, 0.2) is 51.4 Å². The van der Waals surface area contributed by atoms with E-state index in [0.717, 1.165) is 23.0 Å². The maximum Gasteiger partial charge on any atom is 0.338 e. The average Bonchev–Trinajstić information content (AvgIpc) is 2.96. The molecule has 0 amide bonds. The molecule has 3 rings (SSSR count). The molecule has 1 aliphatic rings. The fourth-order valence-corrected chi connectivity index (χ4v) is 3.91. The van der Waals surface area contributed by atoms with Crippen LogP contribution in [-0.2, 0) is 19.1 Å². The van der Waals surface area contributed by atoms with Crippen LogP contribution in [0.3, 0.4) is 0 Å². The predicted molar refractivity (Wildman–Crippen MR) is 99.8 cm³/mol. The summed E-state index contributed by atoms with van der Waals surface area (Å²) >= 11 is 1.08. The summed E-state index contributed by atoms with van der Waals surface area (Å²) in [6.07, 6.45) is 1.13. The van der Waals surface area contributed by atoms with Crippen molar-refractivity contribution in [2.24, 2.45) is 4.99 Å². The van der Waals surface area contributed by atoms with E-state index in [1.807, 2.05) is 30.3 Å². The number of carbonyl (C=O) groups is 2. The summed E-state index contributed by atoms with van der Waals surface area (Å²) in [5, 5.41) is 0. The van der Waals surface area contributed by atoms with Crippen molar-refractivity contribution in [2.75, 3.05) is 13.7 Å². The number of allylic oxidation sites excluding steroid dienone is 1. The number of hydrogen-bond donors (Lipinski definition) is 0. The number of esters is 2. The van der Waals surface area contributed by atoms with Gasteiger partial charge in [0.2, 0.25) is 0 Å². The summed E-state index contributed by atoms with van der Waals surface area (Å²) in [7, 11) is 1.24. The van der Waals surface area contributed by atoms with E-state index in [4.69, 9.17) is 4.74 Å². The zero-order valence-corrected chi connectivity index (χ0v) is 15.9. The Balaban J connectivity index is 2.30. The molecule has 0 N–H and O–H groups in total. The topological polar surface area (TPSA) is 87.0 Å². The lowest BCUT2D eigenvalue weighted by Gasteiger charge is -2.24. The van der Waals surface area contributed by atoms with Crippen molar-refractivity contribution in [1.82, 2.24) is 4.57 Å². The molecule has 2 heterocycles. The van der Waals surface area contributed by atoms with E-state index in [0.29, 0.717) is 16.1 Å². The normalized spacial score (nSPS) is 16.6. The predicted octanol–water partition coefficient (Wildman–Crippen LogP) is 0.923. The van der Waals surface area contributed by atoms with Crippen molar-refractivity contribution in [3.05, 3.63) is 66.9 Å². The molecule has 0 saturated carbocycles. The zero-order valence-electron chi connectivity index (χ0n) is 15.1. The third-order valence-corrected chi connectivity index (χ3v) is 5.07. The number of fused-ring (bicyclic) bond motifs is 1. The molecule has 0 saturated heterocycles. The highest BCUT2D eigenvalue weighted by Crippen LogP contribution is 2.30. The van der Waals surface area contributed by atoms with Crippen molar-refractivity contribution in [3.8, 4) is 0 Å². The summed E-state index contributed by atoms with van der Waals surface area (Å²) < 4.78 is 11.4. The molecule has 27 heavy (non-hydrogen) atoms. The smallest absolute Gasteiger partial charge is 0.338 e. The van der Waals surface area contributed by atoms with Gasteiger partial charge in [-0.2, -0.15) is 0 Å². The Morgan fingerprint density at radius 3 is 2.63 bits per heavy atom. The molecule has 0 spiro atoms. The molecular weight excluding hydrogens is 368 g/mol. The average molecular weight is 386 g/mol. The maximum atomic E-state index is 13.0. The lowest BCUT2D eigenvalue weighted by molar-refractivity contribution is -0.139. The maximum absolute atomic E-state index is 13.0. The summed E-state index contributed by atoms with van der Waals surface area (Å²) in [5.74, 6) is -1.15. The van der Waals surface area contributed by atoms with Crippen molar-refractivity contribution < 1.29 is 19.1 Å². The monoisotopic (exact) mass is 386 g/mol. The minimum Gasteiger partial charge on any atom is -0.466 e. The van der Waals surface area contributed by atoms with E-state index >= 15 is 0 Å². The van der Waals surface area contributed by atoms with Crippen LogP contribution >= 0.6 is 11.3 Å². The lowest BCUT2D eigenvalue weighted by atomic mass is 9.96. The molecule has 1 aromatic heterocycles. The summed E-state index contributed by atoms with van der Waals surface area (Å²) in [6.45, 7) is 3.64. The van der Waals surface area contributed by atoms with Crippen LogP contribution in [-0.4, -0.2) is 30.2 Å². The Morgan fingerprint density at radius 1 is 1.30 bits per heavy atom. The fourth-order valence-electron chi connectivity index (χ4n) is 2.91. The first kappa shape index (κ1) is 18.8. The number of ether oxygens (including phenoxy) is 2. The molecule has 0 aliphatic carbocycles. The number of methoxy groups -OCH3 is 1. The number of nitrogens with zero attached hydrogens (tertiary/aromatic N) is 2. The number of rotatable bonds is 4. The van der Waals surface area contributed by atoms with Gasteiger partial charge in [0.1, 0.15) is 4.53 Å². The van der Waals surface area contributed by atoms with Crippen LogP contribution in [0.5, 0.6) is 0 Å². The van der Waals surface area contributed by atoms with Gasteiger partial charge in [0.05, 0.1) is 31.0 Å². The largest absolute Gasteiger partial charge is 0.466 e. The summed E-state index contributed by atoms with van der Waals surface area (Å²) in [4.78, 5) is 42.0. The van der Waals surface area contributed by atoms with Crippen molar-refractivity contribution in [2.45, 2.75) is 19.9 Å². The van der Waals surface area contributed by atoms with Crippen LogP contribution in [0.2, 0.25) is 0 Å². The standard InChI is InChI=1S/C19H18N2O5S/c1-4-26-18(24)15-11(2)20-19-21(16(15)12-8-6-5-7-9-12)17(23)13(27-19)10-14(22)25-3/h5-10,16H,4H2,1-3H3/b13-10-/t16-/m1/s1. The highest BCUT2D eigenvalue weighted by molar-refractivity contribution is 7.07. The quantitative estimate of drug-likeness (QED) is 0.730. The van der Waals surface area contributed by atoms with Crippen molar-refractivity contribution in [1.29, 1.82) is 0 Å². The molecule has 140 valence electrons. The Kier molecular flexibility index (Phi) is 5.36. The van der Waals surface area contributed by atoms with Gasteiger partial charge >= 0.3 is 11.9 Å². The molecule has 1 aromatic carbocycles. The van der Waals surface area contributed by atoms with Gasteiger partial charge in [-0.25, -0.2) is 14.6 Å². The Hall–Kier alpha value is -3.00. The van der Waals surface area contributed by atoms with Crippen LogP contribution in [0.1, 0.15) is 25.5 Å². The minimum atomic E-state index is -0.679. The van der Waals surface area contributed by atoms with Gasteiger partial charge in [0.15, 0.2) is 4.80 Å². The first-order valence-corrected chi connectivity index (χ1v) is 9.12. The molecule has 1 aliphatic heterocycles. The number of aromatic nitrogens is 1. The lowest BCUT2D eigenvalue weighted by Crippen LogP contribution is -2.40. The second-order valence-corrected chi connectivity index (χ2v) is 6.75. The number of hydrogen-bond acceptors (Lipinski definition) is 7. The first-order valence-electron chi connectivity index (χ1n) is 8.30. The Labute approximate surface area is 158 Å². The molecular formula is C19H18N2O5S. The molecule has 0 fully saturated rings. The second kappa shape index (κ2) is 7.71. The molecule has 8 heteroatoms. The molecule has 0 bridgehead atoms. The second-order valence-electron chi connectivity index (χ2n) is 5.74. The molecule has 2 aromatic rings. The van der Waals surface area contributed by atoms with Crippen LogP contribution in [0.4, 0.5) is 0 Å². The summed E-state index contributed by atoms with van der Waals surface area (Å²) in [5.41, 5.74) is 1.13. The van der Waals surface area contributed by atoms with Crippen molar-refractivity contribution in [3.63, 3.8) is 0 Å². The van der Waals surface area contributed by atoms with Gasteiger partial charge in [-0.3, -0.25) is 9.36 Å². The van der Waals surface area contributed by atoms with Gasteiger partial charge in [-0.1, -0.05) is 41.7 Å². The van der Waals surface area contributed by atoms with Gasteiger partial charge in [0, 0.05) is 6.08 Å². The zero-order chi connectivity index (χ0) is 19.6. The van der Waals surface area contributed by atoms with Crippen LogP contribution in [0.25, 0.3) is 6.08 Å². The highest BCUT2D eigenvalue weighted by atomic mass is 32.1. The van der Waals surface area contributed by atoms with Gasteiger partial charge < -0.3 is 9.47 Å². The number of carbonyl (C=O) groups excluding carboxylic acids is 2. The highest BCUT2D eigenvalue weighted by Gasteiger charge is 2.33. The van der Waals surface area contributed by atoms with Crippen molar-refractivity contribution >= 4 is 29.4 Å². The minimum absolute atomic E-state index is 0.194. The Bertz CT molecular complexity index is 1100. The SMILES string of the molecule is CCOC(=O)C1=C(C)N=c2s/c(=C\C(=O)OC)c(=O)n2[C@@H]1c1ccccc1. The first-order chi connectivity index (χ1) is 13.0. The number of thiazole rings is 1. The van der Waals surface area contributed by atoms with Gasteiger partial charge in [0.25, 0.3) is 5.56 Å². The summed E-state index contributed by atoms with van der Waals surface area (Å²) in [6, 6.07) is 8.50. The molecule has 7 nitrogen and oxygen atoms in total. The van der Waals surface area contributed by atoms with E-state index in [2.05, 4.69) is 9.73 Å². The fraction of sp³-hybridized carbons (Fsp3) is 0.263. The third-order valence-electron chi connectivity index (χ3n) is 4.08. The Morgan fingerprint density at radius 2 is 2.00 bits per heavy atom. The third kappa shape index (κ3) is 3.48. The van der Waals surface area contributed by atoms with Gasteiger partial charge in [-0.05, 0) is 19.4 Å². The van der Waals surface area contributed by atoms with E-state index in [1.54, 1.807) is 13.8 Å². The van der Waals surface area contributed by atoms with Crippen LogP contribution < -0.4 is 14.9 Å². The molecule has 1 atom stereocenters. The van der Waals surface area contributed by atoms with E-state index in [9.17, 15) is 14.4 Å². The molecule has 0 radical (unpaired) electrons. The van der Waals surface area contributed by atoms with Crippen LogP contribution in [0, 0.1) is 0 Å². The molecule has 0 unspecified atom stereocenters. The van der Waals surface area contributed by atoms with E-state index in [-0.39, 0.29) is 11.1 Å².